The minimum atomic E-state index is -3.59. The number of benzene rings is 2. The fourth-order valence-electron chi connectivity index (χ4n) is 3.14. The number of sulfonamides is 1. The van der Waals surface area contributed by atoms with Gasteiger partial charge < -0.3 is 9.53 Å². The Morgan fingerprint density at radius 3 is 2.29 bits per heavy atom. The fraction of sp³-hybridized carbons (Fsp3) is 0.458. The van der Waals surface area contributed by atoms with Gasteiger partial charge in [0.25, 0.3) is 0 Å². The molecule has 5 nitrogen and oxygen atoms in total. The predicted molar refractivity (Wildman–Crippen MR) is 128 cm³/mol. The van der Waals surface area contributed by atoms with Gasteiger partial charge in [-0.1, -0.05) is 39.8 Å². The van der Waals surface area contributed by atoms with Crippen molar-refractivity contribution in [1.82, 2.24) is 4.31 Å². The van der Waals surface area contributed by atoms with Crippen LogP contribution in [0.3, 0.4) is 0 Å². The Labute approximate surface area is 191 Å². The van der Waals surface area contributed by atoms with Crippen LogP contribution in [-0.2, 0) is 20.2 Å². The molecule has 0 amide bonds. The number of ether oxygens (including phenoxy) is 1. The molecular weight excluding hydrogens is 430 g/mol. The summed E-state index contributed by atoms with van der Waals surface area (Å²) in [5.41, 5.74) is 2.10. The van der Waals surface area contributed by atoms with Crippen molar-refractivity contribution in [3.05, 3.63) is 53.6 Å². The second-order valence-corrected chi connectivity index (χ2v) is 11.4. The molecule has 0 saturated carbocycles. The van der Waals surface area contributed by atoms with E-state index in [0.717, 1.165) is 28.7 Å². The largest absolute Gasteiger partial charge is 0.492 e. The van der Waals surface area contributed by atoms with Crippen molar-refractivity contribution in [2.45, 2.75) is 56.2 Å². The number of carbonyl (C=O) groups excluding carboxylic acids is 1. The smallest absolute Gasteiger partial charge is 0.243 e. The molecule has 2 aromatic rings. The van der Waals surface area contributed by atoms with E-state index in [1.165, 1.54) is 16.1 Å². The van der Waals surface area contributed by atoms with Gasteiger partial charge in [-0.05, 0) is 60.2 Å². The summed E-state index contributed by atoms with van der Waals surface area (Å²) in [6.45, 7) is 11.2. The van der Waals surface area contributed by atoms with E-state index in [1.54, 1.807) is 12.1 Å². The highest BCUT2D eigenvalue weighted by molar-refractivity contribution is 8.00. The van der Waals surface area contributed by atoms with Crippen LogP contribution in [0.2, 0.25) is 0 Å². The van der Waals surface area contributed by atoms with Crippen LogP contribution in [0.15, 0.2) is 52.3 Å². The van der Waals surface area contributed by atoms with Crippen molar-refractivity contribution in [2.75, 3.05) is 25.4 Å². The van der Waals surface area contributed by atoms with Crippen LogP contribution < -0.4 is 4.74 Å². The number of rotatable bonds is 11. The van der Waals surface area contributed by atoms with Gasteiger partial charge in [-0.25, -0.2) is 8.42 Å². The zero-order valence-electron chi connectivity index (χ0n) is 19.1. The Morgan fingerprint density at radius 1 is 1.06 bits per heavy atom. The van der Waals surface area contributed by atoms with Crippen LogP contribution in [0, 0.1) is 6.92 Å². The summed E-state index contributed by atoms with van der Waals surface area (Å²) in [6.07, 6.45) is 1.61. The molecule has 0 N–H and O–H groups in total. The maximum atomic E-state index is 13.2. The molecule has 0 atom stereocenters. The number of hydrogen-bond donors (Lipinski definition) is 0. The second-order valence-electron chi connectivity index (χ2n) is 8.43. The molecule has 0 heterocycles. The SMILES string of the molecule is CCCN(CCOc1ccc(SCC=O)c(C)c1)S(=O)(=O)c1ccc(C(C)(C)C)cc1. The molecule has 170 valence electrons. The van der Waals surface area contributed by atoms with E-state index in [9.17, 15) is 13.2 Å². The third kappa shape index (κ3) is 7.09. The highest BCUT2D eigenvalue weighted by atomic mass is 32.2. The number of nitrogens with zero attached hydrogens (tertiary/aromatic N) is 1. The van der Waals surface area contributed by atoms with Crippen molar-refractivity contribution >= 4 is 28.1 Å². The highest BCUT2D eigenvalue weighted by Gasteiger charge is 2.24. The second kappa shape index (κ2) is 11.2. The van der Waals surface area contributed by atoms with Crippen LogP contribution in [0.5, 0.6) is 5.75 Å². The summed E-state index contributed by atoms with van der Waals surface area (Å²) in [5, 5.41) is 0. The first-order chi connectivity index (χ1) is 14.6. The van der Waals surface area contributed by atoms with Crippen LogP contribution in [0.1, 0.15) is 45.2 Å². The van der Waals surface area contributed by atoms with E-state index in [1.807, 2.05) is 44.2 Å². The van der Waals surface area contributed by atoms with E-state index >= 15 is 0 Å². The Bertz CT molecular complexity index is 964. The van der Waals surface area contributed by atoms with Crippen molar-refractivity contribution in [3.63, 3.8) is 0 Å². The first-order valence-electron chi connectivity index (χ1n) is 10.5. The first-order valence-corrected chi connectivity index (χ1v) is 12.9. The Balaban J connectivity index is 2.06. The molecule has 0 unspecified atom stereocenters. The number of aldehydes is 1. The van der Waals surface area contributed by atoms with Gasteiger partial charge in [0.15, 0.2) is 0 Å². The predicted octanol–water partition coefficient (Wildman–Crippen LogP) is 5.06. The lowest BCUT2D eigenvalue weighted by Gasteiger charge is -2.23. The van der Waals surface area contributed by atoms with Crippen molar-refractivity contribution in [2.24, 2.45) is 0 Å². The average molecular weight is 464 g/mol. The molecule has 0 aliphatic rings. The summed E-state index contributed by atoms with van der Waals surface area (Å²) < 4.78 is 33.6. The summed E-state index contributed by atoms with van der Waals surface area (Å²) in [7, 11) is -3.59. The Kier molecular flexibility index (Phi) is 9.15. The molecule has 2 rings (SSSR count). The molecule has 0 bridgehead atoms. The molecule has 0 saturated heterocycles. The van der Waals surface area contributed by atoms with Crippen LogP contribution in [0.4, 0.5) is 0 Å². The lowest BCUT2D eigenvalue weighted by molar-refractivity contribution is -0.105. The third-order valence-electron chi connectivity index (χ3n) is 4.89. The molecule has 7 heteroatoms. The standard InChI is InChI=1S/C24H33NO4S2/c1-6-13-25(31(27,28)22-10-7-20(8-11-22)24(3,4)5)14-16-29-21-9-12-23(19(2)18-21)30-17-15-26/h7-12,15,18H,6,13-14,16-17H2,1-5H3. The number of aryl methyl sites for hydroxylation is 1. The third-order valence-corrected chi connectivity index (χ3v) is 7.88. The monoisotopic (exact) mass is 463 g/mol. The van der Waals surface area contributed by atoms with Crippen molar-refractivity contribution in [1.29, 1.82) is 0 Å². The summed E-state index contributed by atoms with van der Waals surface area (Å²) in [6, 6.07) is 12.9. The minimum absolute atomic E-state index is 0.0291. The molecule has 0 radical (unpaired) electrons. The lowest BCUT2D eigenvalue weighted by Crippen LogP contribution is -2.35. The molecule has 0 fully saturated rings. The molecule has 2 aromatic carbocycles. The van der Waals surface area contributed by atoms with E-state index in [0.29, 0.717) is 22.9 Å². The Morgan fingerprint density at radius 2 is 1.74 bits per heavy atom. The number of carbonyl (C=O) groups is 1. The summed E-state index contributed by atoms with van der Waals surface area (Å²) in [4.78, 5) is 11.9. The van der Waals surface area contributed by atoms with Gasteiger partial charge in [0.05, 0.1) is 10.6 Å². The molecule has 31 heavy (non-hydrogen) atoms. The zero-order chi connectivity index (χ0) is 23.1. The molecule has 0 spiro atoms. The van der Waals surface area contributed by atoms with Gasteiger partial charge in [0, 0.05) is 18.0 Å². The maximum Gasteiger partial charge on any atom is 0.243 e. The lowest BCUT2D eigenvalue weighted by atomic mass is 9.87. The minimum Gasteiger partial charge on any atom is -0.492 e. The fourth-order valence-corrected chi connectivity index (χ4v) is 5.35. The van der Waals surface area contributed by atoms with Gasteiger partial charge in [0.1, 0.15) is 18.6 Å². The van der Waals surface area contributed by atoms with E-state index in [4.69, 9.17) is 4.74 Å². The van der Waals surface area contributed by atoms with E-state index in [-0.39, 0.29) is 18.6 Å². The number of hydrogen-bond acceptors (Lipinski definition) is 5. The average Bonchev–Trinajstić information content (AvgIpc) is 2.72. The maximum absolute atomic E-state index is 13.2. The first kappa shape index (κ1) is 25.4. The van der Waals surface area contributed by atoms with Crippen LogP contribution >= 0.6 is 11.8 Å². The molecular formula is C24H33NO4S2. The van der Waals surface area contributed by atoms with E-state index < -0.39 is 10.0 Å². The normalized spacial score (nSPS) is 12.2. The van der Waals surface area contributed by atoms with Gasteiger partial charge in [-0.2, -0.15) is 4.31 Å². The van der Waals surface area contributed by atoms with Gasteiger partial charge >= 0.3 is 0 Å². The Hall–Kier alpha value is -1.83. The topological polar surface area (TPSA) is 63.7 Å². The van der Waals surface area contributed by atoms with Crippen LogP contribution in [0.25, 0.3) is 0 Å². The molecule has 0 aromatic heterocycles. The summed E-state index contributed by atoms with van der Waals surface area (Å²) >= 11 is 1.48. The van der Waals surface area contributed by atoms with Crippen molar-refractivity contribution < 1.29 is 17.9 Å². The van der Waals surface area contributed by atoms with Crippen molar-refractivity contribution in [3.8, 4) is 5.75 Å². The molecule has 0 aliphatic carbocycles. The summed E-state index contributed by atoms with van der Waals surface area (Å²) in [5.74, 6) is 1.11. The van der Waals surface area contributed by atoms with Gasteiger partial charge in [0.2, 0.25) is 10.0 Å². The van der Waals surface area contributed by atoms with Gasteiger partial charge in [-0.15, -0.1) is 11.8 Å². The number of thioether (sulfide) groups is 1. The van der Waals surface area contributed by atoms with Gasteiger partial charge in [-0.3, -0.25) is 0 Å². The highest BCUT2D eigenvalue weighted by Crippen LogP contribution is 2.26. The zero-order valence-corrected chi connectivity index (χ0v) is 20.7. The molecule has 0 aliphatic heterocycles. The van der Waals surface area contributed by atoms with E-state index in [2.05, 4.69) is 20.8 Å². The van der Waals surface area contributed by atoms with Crippen LogP contribution in [-0.4, -0.2) is 44.5 Å². The quantitative estimate of drug-likeness (QED) is 0.344.